The highest BCUT2D eigenvalue weighted by Crippen LogP contribution is 2.30. The van der Waals surface area contributed by atoms with E-state index in [1.54, 1.807) is 4.90 Å². The summed E-state index contributed by atoms with van der Waals surface area (Å²) < 4.78 is 5.67. The van der Waals surface area contributed by atoms with E-state index in [4.69, 9.17) is 4.74 Å². The molecule has 0 unspecified atom stereocenters. The molecular weight excluding hydrogens is 350 g/mol. The summed E-state index contributed by atoms with van der Waals surface area (Å²) >= 11 is 0. The molecule has 1 fully saturated rings. The van der Waals surface area contributed by atoms with Gasteiger partial charge in [-0.2, -0.15) is 0 Å². The average molecular weight is 377 g/mol. The molecule has 148 valence electrons. The Bertz CT molecular complexity index is 696. The summed E-state index contributed by atoms with van der Waals surface area (Å²) in [5.74, 6) is -0.151. The fourth-order valence-corrected chi connectivity index (χ4v) is 3.55. The third-order valence-corrected chi connectivity index (χ3v) is 4.91. The lowest BCUT2D eigenvalue weighted by Crippen LogP contribution is -2.45. The maximum atomic E-state index is 12.7. The molecule has 8 nitrogen and oxygen atoms in total. The highest BCUT2D eigenvalue weighted by molar-refractivity contribution is 5.95. The summed E-state index contributed by atoms with van der Waals surface area (Å²) in [6.45, 7) is 4.32. The minimum atomic E-state index is -1.17. The van der Waals surface area contributed by atoms with Crippen molar-refractivity contribution >= 4 is 17.6 Å². The largest absolute Gasteiger partial charge is 0.388 e. The number of carbonyl (C=O) groups excluding carboxylic acids is 2. The van der Waals surface area contributed by atoms with Crippen LogP contribution in [0.2, 0.25) is 0 Å². The van der Waals surface area contributed by atoms with Gasteiger partial charge in [-0.15, -0.1) is 0 Å². The zero-order chi connectivity index (χ0) is 19.6. The molecule has 3 amide bonds. The summed E-state index contributed by atoms with van der Waals surface area (Å²) in [5.41, 5.74) is 2.01. The van der Waals surface area contributed by atoms with E-state index in [9.17, 15) is 19.8 Å². The van der Waals surface area contributed by atoms with Crippen LogP contribution in [0, 0.1) is 0 Å². The van der Waals surface area contributed by atoms with Crippen molar-refractivity contribution in [1.82, 2.24) is 10.6 Å². The highest BCUT2D eigenvalue weighted by Gasteiger charge is 2.44. The van der Waals surface area contributed by atoms with Gasteiger partial charge in [0.05, 0.1) is 12.5 Å². The molecule has 0 saturated carbocycles. The van der Waals surface area contributed by atoms with Crippen molar-refractivity contribution in [2.24, 2.45) is 0 Å². The van der Waals surface area contributed by atoms with Crippen LogP contribution in [0.5, 0.6) is 0 Å². The lowest BCUT2D eigenvalue weighted by Gasteiger charge is -2.21. The Labute approximate surface area is 158 Å². The van der Waals surface area contributed by atoms with Crippen molar-refractivity contribution in [3.8, 4) is 0 Å². The second-order valence-corrected chi connectivity index (χ2v) is 7.33. The molecule has 4 atom stereocenters. The third kappa shape index (κ3) is 4.40. The Kier molecular flexibility index (Phi) is 5.98. The Morgan fingerprint density at radius 1 is 1.22 bits per heavy atom. The summed E-state index contributed by atoms with van der Waals surface area (Å²) in [6.07, 6.45) is -3.13. The number of benzene rings is 1. The molecule has 2 aliphatic rings. The van der Waals surface area contributed by atoms with E-state index >= 15 is 0 Å². The van der Waals surface area contributed by atoms with E-state index in [0.29, 0.717) is 6.54 Å². The van der Waals surface area contributed by atoms with Gasteiger partial charge in [-0.25, -0.2) is 4.79 Å². The number of urea groups is 1. The van der Waals surface area contributed by atoms with Gasteiger partial charge in [0, 0.05) is 24.8 Å². The zero-order valence-corrected chi connectivity index (χ0v) is 15.6. The van der Waals surface area contributed by atoms with Crippen molar-refractivity contribution in [2.75, 3.05) is 18.0 Å². The monoisotopic (exact) mass is 377 g/mol. The van der Waals surface area contributed by atoms with Crippen LogP contribution in [0.1, 0.15) is 25.8 Å². The summed E-state index contributed by atoms with van der Waals surface area (Å²) in [7, 11) is 0. The maximum Gasteiger partial charge on any atom is 0.315 e. The first-order valence-corrected chi connectivity index (χ1v) is 9.31. The Balaban J connectivity index is 1.55. The molecule has 0 aromatic heterocycles. The molecule has 2 aliphatic heterocycles. The van der Waals surface area contributed by atoms with Crippen LogP contribution >= 0.6 is 0 Å². The SMILES string of the molecule is CC(C)NC(=O)NC[C@@H]1O[C@@H](CC(=O)N2CCc3ccccc32)[C@H](O)[C@@H]1O. The van der Waals surface area contributed by atoms with E-state index in [1.165, 1.54) is 0 Å². The topological polar surface area (TPSA) is 111 Å². The van der Waals surface area contributed by atoms with Gasteiger partial charge in [-0.1, -0.05) is 18.2 Å². The van der Waals surface area contributed by atoms with Gasteiger partial charge in [0.15, 0.2) is 0 Å². The first-order valence-electron chi connectivity index (χ1n) is 9.31. The lowest BCUT2D eigenvalue weighted by atomic mass is 10.0. The molecule has 1 aromatic rings. The van der Waals surface area contributed by atoms with Crippen LogP contribution in [0.4, 0.5) is 10.5 Å². The van der Waals surface area contributed by atoms with Gasteiger partial charge >= 0.3 is 6.03 Å². The fraction of sp³-hybridized carbons (Fsp3) is 0.579. The molecule has 1 saturated heterocycles. The third-order valence-electron chi connectivity index (χ3n) is 4.91. The number of para-hydroxylation sites is 1. The van der Waals surface area contributed by atoms with Gasteiger partial charge in [0.25, 0.3) is 0 Å². The van der Waals surface area contributed by atoms with Crippen LogP contribution in [0.15, 0.2) is 24.3 Å². The quantitative estimate of drug-likeness (QED) is 0.584. The average Bonchev–Trinajstić information content (AvgIpc) is 3.16. The van der Waals surface area contributed by atoms with E-state index in [-0.39, 0.29) is 30.9 Å². The number of hydrogen-bond acceptors (Lipinski definition) is 5. The predicted molar refractivity (Wildman–Crippen MR) is 99.5 cm³/mol. The van der Waals surface area contributed by atoms with Crippen molar-refractivity contribution in [3.63, 3.8) is 0 Å². The molecule has 3 rings (SSSR count). The molecule has 4 N–H and O–H groups in total. The van der Waals surface area contributed by atoms with Crippen LogP contribution < -0.4 is 15.5 Å². The lowest BCUT2D eigenvalue weighted by molar-refractivity contribution is -0.122. The number of aliphatic hydroxyl groups excluding tert-OH is 2. The number of nitrogens with one attached hydrogen (secondary N) is 2. The zero-order valence-electron chi connectivity index (χ0n) is 15.6. The standard InChI is InChI=1S/C19H27N3O5/c1-11(2)21-19(26)20-10-15-18(25)17(24)14(27-15)9-16(23)22-8-7-12-5-3-4-6-13(12)22/h3-6,11,14-15,17-18,24-25H,7-10H2,1-2H3,(H2,20,21,26)/t14-,15-,17-,18+/m0/s1. The minimum Gasteiger partial charge on any atom is -0.388 e. The number of anilines is 1. The van der Waals surface area contributed by atoms with E-state index < -0.39 is 24.4 Å². The summed E-state index contributed by atoms with van der Waals surface area (Å²) in [4.78, 5) is 26.0. The first-order chi connectivity index (χ1) is 12.9. The molecule has 0 aliphatic carbocycles. The Hall–Kier alpha value is -2.16. The van der Waals surface area contributed by atoms with E-state index in [1.807, 2.05) is 38.1 Å². The maximum absolute atomic E-state index is 12.7. The molecule has 0 spiro atoms. The smallest absolute Gasteiger partial charge is 0.315 e. The van der Waals surface area contributed by atoms with Gasteiger partial charge in [-0.3, -0.25) is 4.79 Å². The number of nitrogens with zero attached hydrogens (tertiary/aromatic N) is 1. The normalized spacial score (nSPS) is 26.9. The number of carbonyl (C=O) groups is 2. The highest BCUT2D eigenvalue weighted by atomic mass is 16.5. The van der Waals surface area contributed by atoms with Crippen LogP contribution in [0.3, 0.4) is 0 Å². The second kappa shape index (κ2) is 8.24. The van der Waals surface area contributed by atoms with Crippen molar-refractivity contribution in [3.05, 3.63) is 29.8 Å². The number of ether oxygens (including phenoxy) is 1. The molecule has 1 aromatic carbocycles. The van der Waals surface area contributed by atoms with E-state index in [0.717, 1.165) is 17.7 Å². The first kappa shape index (κ1) is 19.6. The predicted octanol–water partition coefficient (Wildman–Crippen LogP) is 0.163. The molecule has 0 bridgehead atoms. The number of fused-ring (bicyclic) bond motifs is 1. The Morgan fingerprint density at radius 2 is 1.93 bits per heavy atom. The molecule has 27 heavy (non-hydrogen) atoms. The van der Waals surface area contributed by atoms with Gasteiger partial charge < -0.3 is 30.5 Å². The van der Waals surface area contributed by atoms with Gasteiger partial charge in [-0.05, 0) is 31.9 Å². The number of amides is 3. The molecular formula is C19H27N3O5. The van der Waals surface area contributed by atoms with Crippen LogP contribution in [-0.4, -0.2) is 65.7 Å². The molecule has 2 heterocycles. The van der Waals surface area contributed by atoms with Gasteiger partial charge in [0.2, 0.25) is 5.91 Å². The van der Waals surface area contributed by atoms with Crippen LogP contribution in [0.25, 0.3) is 0 Å². The fourth-order valence-electron chi connectivity index (χ4n) is 3.55. The number of hydrogen-bond donors (Lipinski definition) is 4. The summed E-state index contributed by atoms with van der Waals surface area (Å²) in [6, 6.07) is 7.35. The van der Waals surface area contributed by atoms with E-state index in [2.05, 4.69) is 10.6 Å². The summed E-state index contributed by atoms with van der Waals surface area (Å²) in [5, 5.41) is 25.7. The number of rotatable bonds is 5. The second-order valence-electron chi connectivity index (χ2n) is 7.33. The number of aliphatic hydroxyl groups is 2. The van der Waals surface area contributed by atoms with Crippen molar-refractivity contribution < 1.29 is 24.5 Å². The van der Waals surface area contributed by atoms with Crippen LogP contribution in [-0.2, 0) is 16.0 Å². The van der Waals surface area contributed by atoms with Gasteiger partial charge in [0.1, 0.15) is 18.3 Å². The molecule has 0 radical (unpaired) electrons. The minimum absolute atomic E-state index is 0.0151. The Morgan fingerprint density at radius 3 is 2.67 bits per heavy atom. The van der Waals surface area contributed by atoms with Crippen molar-refractivity contribution in [1.29, 1.82) is 0 Å². The molecule has 8 heteroatoms. The van der Waals surface area contributed by atoms with Crippen molar-refractivity contribution in [2.45, 2.75) is 57.1 Å².